The van der Waals surface area contributed by atoms with E-state index >= 15 is 0 Å². The van der Waals surface area contributed by atoms with E-state index in [-0.39, 0.29) is 11.2 Å². The number of hydrogen-bond acceptors (Lipinski definition) is 3. The van der Waals surface area contributed by atoms with Crippen molar-refractivity contribution in [2.75, 3.05) is 26.2 Å². The van der Waals surface area contributed by atoms with E-state index in [0.29, 0.717) is 0 Å². The number of ether oxygens (including phenoxy) is 1. The van der Waals surface area contributed by atoms with Crippen molar-refractivity contribution in [3.05, 3.63) is 0 Å². The molecule has 1 saturated heterocycles. The topological polar surface area (TPSA) is 24.5 Å². The minimum Gasteiger partial charge on any atom is -0.367 e. The van der Waals surface area contributed by atoms with Crippen LogP contribution in [0.5, 0.6) is 0 Å². The maximum absolute atomic E-state index is 6.15. The second-order valence-electron chi connectivity index (χ2n) is 8.49. The lowest BCUT2D eigenvalue weighted by Gasteiger charge is -2.47. The summed E-state index contributed by atoms with van der Waals surface area (Å²) in [4.78, 5) is 2.58. The second kappa shape index (κ2) is 5.26. The van der Waals surface area contributed by atoms with Gasteiger partial charge in [0.05, 0.1) is 11.2 Å². The van der Waals surface area contributed by atoms with E-state index < -0.39 is 0 Å². The van der Waals surface area contributed by atoms with Crippen molar-refractivity contribution >= 4 is 0 Å². The summed E-state index contributed by atoms with van der Waals surface area (Å²) in [5, 5.41) is 3.86. The Balaban J connectivity index is 1.45. The Kier molecular flexibility index (Phi) is 3.89. The molecular formula is C17H32N2O. The van der Waals surface area contributed by atoms with Crippen molar-refractivity contribution in [1.29, 1.82) is 0 Å². The maximum Gasteiger partial charge on any atom is 0.0760 e. The first-order valence-corrected chi connectivity index (χ1v) is 8.51. The first-order chi connectivity index (χ1) is 9.35. The summed E-state index contributed by atoms with van der Waals surface area (Å²) >= 11 is 0. The van der Waals surface area contributed by atoms with Crippen LogP contribution in [0.4, 0.5) is 0 Å². The first kappa shape index (κ1) is 14.8. The van der Waals surface area contributed by atoms with Crippen molar-refractivity contribution in [2.45, 2.75) is 70.6 Å². The largest absolute Gasteiger partial charge is 0.367 e. The van der Waals surface area contributed by atoms with Gasteiger partial charge in [0.15, 0.2) is 0 Å². The van der Waals surface area contributed by atoms with Crippen LogP contribution in [-0.2, 0) is 4.74 Å². The quantitative estimate of drug-likeness (QED) is 0.809. The van der Waals surface area contributed by atoms with Gasteiger partial charge in [0.2, 0.25) is 0 Å². The zero-order chi connectivity index (χ0) is 14.4. The summed E-state index contributed by atoms with van der Waals surface area (Å²) < 4.78 is 6.15. The van der Waals surface area contributed by atoms with E-state index in [0.717, 1.165) is 44.1 Å². The molecule has 3 heteroatoms. The number of nitrogens with one attached hydrogen (secondary N) is 1. The summed E-state index contributed by atoms with van der Waals surface area (Å²) in [7, 11) is 0. The molecule has 0 aromatic heterocycles. The zero-order valence-electron chi connectivity index (χ0n) is 13.7. The molecule has 1 N–H and O–H groups in total. The van der Waals surface area contributed by atoms with Crippen molar-refractivity contribution in [2.24, 2.45) is 11.8 Å². The lowest BCUT2D eigenvalue weighted by Crippen LogP contribution is -2.58. The fraction of sp³-hybridized carbons (Fsp3) is 1.00. The maximum atomic E-state index is 6.15. The van der Waals surface area contributed by atoms with Gasteiger partial charge >= 0.3 is 0 Å². The molecular weight excluding hydrogens is 248 g/mol. The number of rotatable bonds is 6. The summed E-state index contributed by atoms with van der Waals surface area (Å²) in [5.41, 5.74) is -0.0394. The predicted molar refractivity (Wildman–Crippen MR) is 82.9 cm³/mol. The number of hydrogen-bond donors (Lipinski definition) is 1. The highest BCUT2D eigenvalue weighted by atomic mass is 16.5. The van der Waals surface area contributed by atoms with Crippen LogP contribution in [0.2, 0.25) is 0 Å². The van der Waals surface area contributed by atoms with Gasteiger partial charge in [0.1, 0.15) is 0 Å². The van der Waals surface area contributed by atoms with Crippen LogP contribution in [-0.4, -0.2) is 48.3 Å². The van der Waals surface area contributed by atoms with Gasteiger partial charge in [0, 0.05) is 32.2 Å². The fourth-order valence-electron chi connectivity index (χ4n) is 4.12. The minimum atomic E-state index is -0.0197. The van der Waals surface area contributed by atoms with E-state index in [1.165, 1.54) is 25.7 Å². The number of morpholine rings is 1. The summed E-state index contributed by atoms with van der Waals surface area (Å²) in [5.74, 6) is 2.00. The molecule has 0 atom stereocenters. The Labute approximate surface area is 124 Å². The van der Waals surface area contributed by atoms with Crippen molar-refractivity contribution < 1.29 is 4.74 Å². The standard InChI is InChI=1S/C17H32N2O/c1-16(2)11-19(12-17(3,4)20-16)10-9-18-15(13-5-6-13)14-7-8-14/h13-15,18H,5-12H2,1-4H3. The Morgan fingerprint density at radius 2 is 1.50 bits per heavy atom. The molecule has 20 heavy (non-hydrogen) atoms. The fourth-order valence-corrected chi connectivity index (χ4v) is 4.12. The highest BCUT2D eigenvalue weighted by Gasteiger charge is 2.41. The molecule has 0 amide bonds. The lowest BCUT2D eigenvalue weighted by molar-refractivity contribution is -0.180. The van der Waals surface area contributed by atoms with Gasteiger partial charge in [-0.3, -0.25) is 4.90 Å². The zero-order valence-corrected chi connectivity index (χ0v) is 13.7. The van der Waals surface area contributed by atoms with E-state index in [4.69, 9.17) is 4.74 Å². The van der Waals surface area contributed by atoms with Crippen molar-refractivity contribution in [3.63, 3.8) is 0 Å². The molecule has 1 heterocycles. The smallest absolute Gasteiger partial charge is 0.0760 e. The molecule has 3 fully saturated rings. The normalized spacial score (nSPS) is 29.9. The van der Waals surface area contributed by atoms with Gasteiger partial charge in [0.25, 0.3) is 0 Å². The number of nitrogens with zero attached hydrogens (tertiary/aromatic N) is 1. The molecule has 0 aromatic carbocycles. The van der Waals surface area contributed by atoms with Crippen LogP contribution in [0.1, 0.15) is 53.4 Å². The van der Waals surface area contributed by atoms with Gasteiger partial charge < -0.3 is 10.1 Å². The van der Waals surface area contributed by atoms with Gasteiger partial charge in [-0.1, -0.05) is 0 Å². The molecule has 0 aromatic rings. The van der Waals surface area contributed by atoms with E-state index in [1.807, 2.05) is 0 Å². The van der Waals surface area contributed by atoms with E-state index in [9.17, 15) is 0 Å². The molecule has 0 spiro atoms. The molecule has 2 aliphatic carbocycles. The molecule has 0 unspecified atom stereocenters. The molecule has 3 aliphatic rings. The highest BCUT2D eigenvalue weighted by molar-refractivity contribution is 4.96. The van der Waals surface area contributed by atoms with Crippen LogP contribution >= 0.6 is 0 Å². The Morgan fingerprint density at radius 1 is 1.00 bits per heavy atom. The van der Waals surface area contributed by atoms with Crippen LogP contribution in [0.25, 0.3) is 0 Å². The predicted octanol–water partition coefficient (Wildman–Crippen LogP) is 2.65. The third-order valence-electron chi connectivity index (χ3n) is 4.83. The average Bonchev–Trinajstić information content (AvgIpc) is 3.11. The molecule has 2 saturated carbocycles. The summed E-state index contributed by atoms with van der Waals surface area (Å²) in [6.07, 6.45) is 5.86. The molecule has 116 valence electrons. The average molecular weight is 280 g/mol. The molecule has 3 rings (SSSR count). The molecule has 0 radical (unpaired) electrons. The highest BCUT2D eigenvalue weighted by Crippen LogP contribution is 2.44. The van der Waals surface area contributed by atoms with Crippen molar-refractivity contribution in [1.82, 2.24) is 10.2 Å². The first-order valence-electron chi connectivity index (χ1n) is 8.51. The SMILES string of the molecule is CC1(C)CN(CCNC(C2CC2)C2CC2)CC(C)(C)O1. The van der Waals surface area contributed by atoms with Crippen LogP contribution in [0.15, 0.2) is 0 Å². The third-order valence-corrected chi connectivity index (χ3v) is 4.83. The van der Waals surface area contributed by atoms with Crippen LogP contribution in [0, 0.1) is 11.8 Å². The van der Waals surface area contributed by atoms with Gasteiger partial charge in [-0.15, -0.1) is 0 Å². The van der Waals surface area contributed by atoms with Gasteiger partial charge in [-0.05, 0) is 65.2 Å². The summed E-state index contributed by atoms with van der Waals surface area (Å²) in [6, 6.07) is 0.831. The Morgan fingerprint density at radius 3 is 1.95 bits per heavy atom. The third kappa shape index (κ3) is 3.96. The van der Waals surface area contributed by atoms with Crippen LogP contribution < -0.4 is 5.32 Å². The minimum absolute atomic E-state index is 0.0197. The van der Waals surface area contributed by atoms with Gasteiger partial charge in [-0.25, -0.2) is 0 Å². The van der Waals surface area contributed by atoms with Gasteiger partial charge in [-0.2, -0.15) is 0 Å². The second-order valence-corrected chi connectivity index (χ2v) is 8.49. The van der Waals surface area contributed by atoms with E-state index in [2.05, 4.69) is 37.9 Å². The Bertz CT molecular complexity index is 317. The monoisotopic (exact) mass is 280 g/mol. The Hall–Kier alpha value is -0.120. The van der Waals surface area contributed by atoms with E-state index in [1.54, 1.807) is 0 Å². The molecule has 3 nitrogen and oxygen atoms in total. The lowest BCUT2D eigenvalue weighted by atomic mass is 9.99. The van der Waals surface area contributed by atoms with Crippen molar-refractivity contribution in [3.8, 4) is 0 Å². The molecule has 1 aliphatic heterocycles. The molecule has 0 bridgehead atoms. The summed E-state index contributed by atoms with van der Waals surface area (Å²) in [6.45, 7) is 13.3. The van der Waals surface area contributed by atoms with Crippen LogP contribution in [0.3, 0.4) is 0 Å².